The summed E-state index contributed by atoms with van der Waals surface area (Å²) in [5.74, 6) is -7.92. The van der Waals surface area contributed by atoms with Crippen molar-refractivity contribution < 1.29 is 101 Å². The summed E-state index contributed by atoms with van der Waals surface area (Å²) in [5, 5.41) is 45.4. The number of amides is 3. The zero-order chi connectivity index (χ0) is 57.8. The smallest absolute Gasteiger partial charge is 0.329 e. The first-order valence-electron chi connectivity index (χ1n) is 24.6. The number of carboxylic acids is 3. The summed E-state index contributed by atoms with van der Waals surface area (Å²) in [6, 6.07) is -3.91. The molecule has 10 N–H and O–H groups in total. The minimum absolute atomic E-state index is 0.00251. The second kappa shape index (κ2) is 30.9. The molecule has 0 aliphatic carbocycles. The number of rotatable bonds is 31. The van der Waals surface area contributed by atoms with Gasteiger partial charge in [-0.15, -0.1) is 0 Å². The molecule has 0 radical (unpaired) electrons. The topological polar surface area (TPSA) is 403 Å². The summed E-state index contributed by atoms with van der Waals surface area (Å²) in [7, 11) is -12.7. The first kappa shape index (κ1) is 69.1. The monoisotopic (exact) mass is 1140 g/mol. The van der Waals surface area contributed by atoms with Crippen LogP contribution >= 0.6 is 22.1 Å². The summed E-state index contributed by atoms with van der Waals surface area (Å²) in [5.41, 5.74) is -2.82. The van der Waals surface area contributed by atoms with E-state index in [9.17, 15) is 87.2 Å². The third kappa shape index (κ3) is 33.8. The normalized spacial score (nSPS) is 18.6. The Kier molecular flexibility index (Phi) is 28.5. The molecule has 1 heterocycles. The Morgan fingerprint density at radius 1 is 0.467 bits per heavy atom. The predicted molar refractivity (Wildman–Crippen MR) is 272 cm³/mol. The van der Waals surface area contributed by atoms with Gasteiger partial charge in [0, 0.05) is 96.3 Å². The zero-order valence-corrected chi connectivity index (χ0v) is 47.4. The summed E-state index contributed by atoms with van der Waals surface area (Å²) >= 11 is 0. The Bertz CT molecular complexity index is 1990. The molecule has 434 valence electrons. The van der Waals surface area contributed by atoms with E-state index in [4.69, 9.17) is 14.2 Å². The first-order chi connectivity index (χ1) is 34.1. The van der Waals surface area contributed by atoms with E-state index in [0.717, 1.165) is 0 Å². The van der Waals surface area contributed by atoms with Gasteiger partial charge in [0.2, 0.25) is 39.8 Å². The van der Waals surface area contributed by atoms with Crippen molar-refractivity contribution in [2.75, 3.05) is 76.6 Å². The molecule has 1 rings (SSSR count). The lowest BCUT2D eigenvalue weighted by atomic mass is 10.1. The molecule has 3 amide bonds. The van der Waals surface area contributed by atoms with Gasteiger partial charge in [-0.2, -0.15) is 0 Å². The standard InChI is InChI=1S/C45H83N6O21P3/c1-43(2,3)70-40(61)31(10-13-37(55)56)46-34(52)16-25-73(64,65)28-49-19-21-50(29-74(66,67)26-17-35(53)47-32(11-14-38(57)58)41(62)71-44(4,5)6)23-24-51(22-20-49)30-75(68,69)27-18-36(54)48-33(12-15-39(59)60)42(63)72-45(7,8)9/h31-33,40,61H,10-30H2,1-9H3,(H,46,52)(H,47,53)(H,48,54)(H,55,56)(H,57,58)(H,59,60)(H,64,65)(H,66,67)(H,68,69). The molecule has 1 aliphatic rings. The van der Waals surface area contributed by atoms with Crippen molar-refractivity contribution in [3.05, 3.63) is 0 Å². The maximum atomic E-state index is 13.7. The van der Waals surface area contributed by atoms with Crippen LogP contribution in [-0.2, 0) is 66.3 Å². The van der Waals surface area contributed by atoms with Crippen molar-refractivity contribution in [2.45, 2.75) is 161 Å². The van der Waals surface area contributed by atoms with Gasteiger partial charge in [-0.1, -0.05) is 0 Å². The molecule has 1 saturated heterocycles. The highest BCUT2D eigenvalue weighted by atomic mass is 31.2. The molecule has 30 heteroatoms. The second-order valence-corrected chi connectivity index (χ2v) is 28.9. The lowest BCUT2D eigenvalue weighted by Gasteiger charge is -2.30. The highest BCUT2D eigenvalue weighted by Crippen LogP contribution is 2.44. The van der Waals surface area contributed by atoms with Gasteiger partial charge >= 0.3 is 29.8 Å². The molecular formula is C45H83N6O21P3. The van der Waals surface area contributed by atoms with Crippen LogP contribution in [0.2, 0.25) is 0 Å². The SMILES string of the molecule is CC(C)(C)OC(=O)C(CCC(=O)O)NC(=O)CCP(=O)(O)CN1CCN(CP(=O)(O)CCC(=O)NC(CCC(=O)O)C(=O)OC(C)(C)C)CCN(CP(=O)(O)CCC(=O)NC(CCC(=O)O)C(O)OC(C)(C)C)CC1. The molecule has 1 fully saturated rings. The minimum Gasteiger partial charge on any atom is -0.481 e. The van der Waals surface area contributed by atoms with E-state index in [-0.39, 0.29) is 58.5 Å². The van der Waals surface area contributed by atoms with Crippen molar-refractivity contribution in [3.63, 3.8) is 0 Å². The second-order valence-electron chi connectivity index (χ2n) is 21.6. The number of ether oxygens (including phenoxy) is 3. The third-order valence-electron chi connectivity index (χ3n) is 10.7. The summed E-state index contributed by atoms with van der Waals surface area (Å²) in [6.45, 7) is 14.3. The molecule has 0 aromatic rings. The van der Waals surface area contributed by atoms with Crippen LogP contribution in [-0.4, -0.2) is 215 Å². The van der Waals surface area contributed by atoms with Crippen LogP contribution in [0.4, 0.5) is 0 Å². The number of hydrogen-bond acceptors (Lipinski definition) is 18. The molecule has 7 unspecified atom stereocenters. The Hall–Kier alpha value is -3.87. The maximum Gasteiger partial charge on any atom is 0.329 e. The average molecular weight is 1140 g/mol. The number of carbonyl (C=O) groups excluding carboxylic acids is 5. The summed E-state index contributed by atoms with van der Waals surface area (Å²) in [4.78, 5) is 137. The Labute approximate surface area is 438 Å². The predicted octanol–water partition coefficient (Wildman–Crippen LogP) is 1.63. The third-order valence-corrected chi connectivity index (χ3v) is 16.0. The van der Waals surface area contributed by atoms with Gasteiger partial charge in [0.1, 0.15) is 23.3 Å². The maximum absolute atomic E-state index is 13.7. The Balaban J connectivity index is 3.34. The number of aliphatic hydroxyl groups excluding tert-OH is 1. The van der Waals surface area contributed by atoms with Gasteiger partial charge in [-0.3, -0.25) is 57.2 Å². The first-order valence-corrected chi connectivity index (χ1v) is 30.7. The average Bonchev–Trinajstić information content (AvgIpc) is 3.31. The van der Waals surface area contributed by atoms with E-state index in [2.05, 4.69) is 16.0 Å². The van der Waals surface area contributed by atoms with Gasteiger partial charge in [-0.05, 0) is 81.6 Å². The van der Waals surface area contributed by atoms with Crippen LogP contribution in [0.15, 0.2) is 0 Å². The van der Waals surface area contributed by atoms with Gasteiger partial charge in [0.25, 0.3) is 0 Å². The number of aliphatic carboxylic acids is 3. The molecule has 0 saturated carbocycles. The number of nitrogens with zero attached hydrogens (tertiary/aromatic N) is 3. The highest BCUT2D eigenvalue weighted by molar-refractivity contribution is 7.58. The molecule has 7 atom stereocenters. The molecule has 75 heavy (non-hydrogen) atoms. The lowest BCUT2D eigenvalue weighted by molar-refractivity contribution is -0.183. The van der Waals surface area contributed by atoms with Crippen molar-refractivity contribution >= 4 is 69.7 Å². The van der Waals surface area contributed by atoms with Gasteiger partial charge in [-0.25, -0.2) is 9.59 Å². The number of aliphatic hydroxyl groups is 1. The number of carboxylic acid groups (broad SMARTS) is 3. The van der Waals surface area contributed by atoms with E-state index >= 15 is 0 Å². The number of nitrogens with one attached hydrogen (secondary N) is 3. The molecule has 1 aliphatic heterocycles. The van der Waals surface area contributed by atoms with Gasteiger partial charge in [0.15, 0.2) is 6.29 Å². The molecule has 0 aromatic carbocycles. The molecule has 0 spiro atoms. The van der Waals surface area contributed by atoms with Crippen LogP contribution in [0.5, 0.6) is 0 Å². The fourth-order valence-electron chi connectivity index (χ4n) is 7.19. The Morgan fingerprint density at radius 2 is 0.747 bits per heavy atom. The summed E-state index contributed by atoms with van der Waals surface area (Å²) in [6.07, 6.45) is -8.84. The lowest BCUT2D eigenvalue weighted by Crippen LogP contribution is -2.47. The van der Waals surface area contributed by atoms with Gasteiger partial charge in [0.05, 0.1) is 30.5 Å². The molecular weight excluding hydrogens is 1050 g/mol. The number of esters is 2. The van der Waals surface area contributed by atoms with Gasteiger partial charge < -0.3 is 65.3 Å². The van der Waals surface area contributed by atoms with Crippen LogP contribution in [0.3, 0.4) is 0 Å². The molecule has 27 nitrogen and oxygen atoms in total. The van der Waals surface area contributed by atoms with Crippen LogP contribution in [0, 0.1) is 0 Å². The molecule has 0 aromatic heterocycles. The largest absolute Gasteiger partial charge is 0.481 e. The fourth-order valence-corrected chi connectivity index (χ4v) is 12.0. The summed E-state index contributed by atoms with van der Waals surface area (Å²) < 4.78 is 57.3. The van der Waals surface area contributed by atoms with E-state index in [1.807, 2.05) is 0 Å². The van der Waals surface area contributed by atoms with E-state index in [0.29, 0.717) is 0 Å². The van der Waals surface area contributed by atoms with E-state index < -0.39 is 187 Å². The molecule has 0 bridgehead atoms. The number of hydrogen-bond donors (Lipinski definition) is 10. The zero-order valence-electron chi connectivity index (χ0n) is 44.7. The minimum atomic E-state index is -4.25. The van der Waals surface area contributed by atoms with Crippen molar-refractivity contribution in [2.24, 2.45) is 0 Å². The van der Waals surface area contributed by atoms with Crippen LogP contribution in [0.25, 0.3) is 0 Å². The Morgan fingerprint density at radius 3 is 1.01 bits per heavy atom. The van der Waals surface area contributed by atoms with E-state index in [1.165, 1.54) is 14.7 Å². The highest BCUT2D eigenvalue weighted by Gasteiger charge is 2.34. The van der Waals surface area contributed by atoms with Crippen molar-refractivity contribution in [3.8, 4) is 0 Å². The number of carbonyl (C=O) groups is 8. The van der Waals surface area contributed by atoms with Crippen LogP contribution < -0.4 is 16.0 Å². The quantitative estimate of drug-likeness (QED) is 0.0268. The van der Waals surface area contributed by atoms with Crippen LogP contribution in [0.1, 0.15) is 120 Å². The van der Waals surface area contributed by atoms with E-state index in [1.54, 1.807) is 62.3 Å². The van der Waals surface area contributed by atoms with Crippen molar-refractivity contribution in [1.29, 1.82) is 0 Å². The fraction of sp³-hybridized carbons (Fsp3) is 0.822. The van der Waals surface area contributed by atoms with Crippen molar-refractivity contribution in [1.82, 2.24) is 30.7 Å².